The number of fused-ring (bicyclic) bond motifs is 10. The van der Waals surface area contributed by atoms with Crippen molar-refractivity contribution in [3.05, 3.63) is 175 Å². The van der Waals surface area contributed by atoms with E-state index >= 15 is 0 Å². The standard InChI is InChI=1S/C49H33N3/c1-49(2)42-22-11-10-19-37(42)38-25-24-34(28-43(38)49)36-20-12-21-39-41-27-32-16-6-7-17-33(32)29-44(41)52(47(36)39)48-50-45(31-14-4-3-5-15-31)40-26-23-30-13-8-9-18-35(30)46(40)51-48/h3-29H,1-2H3. The lowest BCUT2D eigenvalue weighted by Gasteiger charge is -2.22. The van der Waals surface area contributed by atoms with Gasteiger partial charge < -0.3 is 0 Å². The van der Waals surface area contributed by atoms with Crippen LogP contribution in [0.15, 0.2) is 164 Å². The molecule has 11 rings (SSSR count). The number of para-hydroxylation sites is 1. The highest BCUT2D eigenvalue weighted by atomic mass is 15.2. The first-order valence-corrected chi connectivity index (χ1v) is 18.0. The third-order valence-electron chi connectivity index (χ3n) is 11.4. The second kappa shape index (κ2) is 10.7. The summed E-state index contributed by atoms with van der Waals surface area (Å²) in [5.41, 5.74) is 12.8. The molecule has 0 spiro atoms. The Morgan fingerprint density at radius 2 is 1.13 bits per heavy atom. The summed E-state index contributed by atoms with van der Waals surface area (Å²) >= 11 is 0. The van der Waals surface area contributed by atoms with Crippen LogP contribution < -0.4 is 0 Å². The van der Waals surface area contributed by atoms with Gasteiger partial charge in [0.2, 0.25) is 5.95 Å². The Hall–Kier alpha value is -6.58. The summed E-state index contributed by atoms with van der Waals surface area (Å²) in [7, 11) is 0. The molecule has 1 aliphatic rings. The van der Waals surface area contributed by atoms with E-state index < -0.39 is 0 Å². The summed E-state index contributed by atoms with van der Waals surface area (Å²) < 4.78 is 2.33. The quantitative estimate of drug-likeness (QED) is 0.176. The second-order valence-corrected chi connectivity index (χ2v) is 14.6. The largest absolute Gasteiger partial charge is 0.277 e. The molecule has 0 amide bonds. The third kappa shape index (κ3) is 4.08. The molecule has 3 nitrogen and oxygen atoms in total. The van der Waals surface area contributed by atoms with E-state index in [1.165, 1.54) is 49.4 Å². The van der Waals surface area contributed by atoms with Crippen molar-refractivity contribution < 1.29 is 0 Å². The Bertz CT molecular complexity index is 3100. The highest BCUT2D eigenvalue weighted by Gasteiger charge is 2.35. The van der Waals surface area contributed by atoms with Gasteiger partial charge in [0, 0.05) is 38.1 Å². The number of hydrogen-bond donors (Lipinski definition) is 0. The fraction of sp³-hybridized carbons (Fsp3) is 0.0612. The predicted octanol–water partition coefficient (Wildman–Crippen LogP) is 12.7. The Labute approximate surface area is 301 Å². The molecule has 0 N–H and O–H groups in total. The first kappa shape index (κ1) is 29.2. The molecule has 10 aromatic rings. The molecule has 3 heteroatoms. The topological polar surface area (TPSA) is 30.7 Å². The van der Waals surface area contributed by atoms with Crippen molar-refractivity contribution in [3.63, 3.8) is 0 Å². The molecule has 0 saturated carbocycles. The second-order valence-electron chi connectivity index (χ2n) is 14.6. The van der Waals surface area contributed by atoms with E-state index in [2.05, 4.69) is 182 Å². The SMILES string of the molecule is CC1(C)c2ccccc2-c2ccc(-c3cccc4c5cc6ccccc6cc5n(-c5nc(-c6ccccc6)c6ccc7ccccc7c6n5)c34)cc21. The lowest BCUT2D eigenvalue weighted by atomic mass is 9.81. The van der Waals surface area contributed by atoms with Gasteiger partial charge in [-0.3, -0.25) is 4.57 Å². The average Bonchev–Trinajstić information content (AvgIpc) is 3.64. The zero-order chi connectivity index (χ0) is 34.6. The summed E-state index contributed by atoms with van der Waals surface area (Å²) in [6.45, 7) is 4.70. The van der Waals surface area contributed by atoms with Crippen LogP contribution in [0, 0.1) is 0 Å². The van der Waals surface area contributed by atoms with E-state index in [0.29, 0.717) is 5.95 Å². The Kier molecular flexibility index (Phi) is 6.01. The molecule has 8 aromatic carbocycles. The molecule has 1 aliphatic carbocycles. The first-order valence-electron chi connectivity index (χ1n) is 18.0. The van der Waals surface area contributed by atoms with Crippen molar-refractivity contribution in [1.29, 1.82) is 0 Å². The minimum Gasteiger partial charge on any atom is -0.277 e. The highest BCUT2D eigenvalue weighted by Crippen LogP contribution is 2.50. The van der Waals surface area contributed by atoms with Gasteiger partial charge in [0.1, 0.15) is 0 Å². The fourth-order valence-electron chi connectivity index (χ4n) is 8.83. The minimum atomic E-state index is -0.104. The van der Waals surface area contributed by atoms with E-state index in [1.807, 2.05) is 0 Å². The molecule has 2 heterocycles. The molecular formula is C49H33N3. The van der Waals surface area contributed by atoms with Gasteiger partial charge in [-0.25, -0.2) is 9.97 Å². The maximum absolute atomic E-state index is 5.51. The maximum Gasteiger partial charge on any atom is 0.235 e. The summed E-state index contributed by atoms with van der Waals surface area (Å²) in [6.07, 6.45) is 0. The average molecular weight is 664 g/mol. The van der Waals surface area contributed by atoms with Crippen LogP contribution >= 0.6 is 0 Å². The number of hydrogen-bond acceptors (Lipinski definition) is 2. The monoisotopic (exact) mass is 663 g/mol. The Morgan fingerprint density at radius 1 is 0.442 bits per heavy atom. The van der Waals surface area contributed by atoms with E-state index in [1.54, 1.807) is 0 Å². The van der Waals surface area contributed by atoms with Crippen LogP contribution in [0.25, 0.3) is 93.7 Å². The smallest absolute Gasteiger partial charge is 0.235 e. The molecule has 0 aliphatic heterocycles. The number of aromatic nitrogens is 3. The molecule has 0 radical (unpaired) electrons. The van der Waals surface area contributed by atoms with Crippen LogP contribution in [0.1, 0.15) is 25.0 Å². The normalized spacial score (nSPS) is 13.3. The lowest BCUT2D eigenvalue weighted by Crippen LogP contribution is -2.14. The van der Waals surface area contributed by atoms with Gasteiger partial charge >= 0.3 is 0 Å². The highest BCUT2D eigenvalue weighted by molar-refractivity contribution is 6.17. The van der Waals surface area contributed by atoms with Gasteiger partial charge in [-0.2, -0.15) is 0 Å². The van der Waals surface area contributed by atoms with Crippen LogP contribution in [0.5, 0.6) is 0 Å². The van der Waals surface area contributed by atoms with E-state index in [9.17, 15) is 0 Å². The molecule has 244 valence electrons. The lowest BCUT2D eigenvalue weighted by molar-refractivity contribution is 0.660. The van der Waals surface area contributed by atoms with Crippen molar-refractivity contribution in [1.82, 2.24) is 14.5 Å². The van der Waals surface area contributed by atoms with Gasteiger partial charge in [-0.15, -0.1) is 0 Å². The van der Waals surface area contributed by atoms with Crippen LogP contribution in [0.2, 0.25) is 0 Å². The van der Waals surface area contributed by atoms with Crippen LogP contribution in [-0.2, 0) is 5.41 Å². The molecule has 52 heavy (non-hydrogen) atoms. The Balaban J connectivity index is 1.27. The third-order valence-corrected chi connectivity index (χ3v) is 11.4. The van der Waals surface area contributed by atoms with E-state index in [-0.39, 0.29) is 5.41 Å². The van der Waals surface area contributed by atoms with E-state index in [4.69, 9.17) is 9.97 Å². The van der Waals surface area contributed by atoms with Crippen molar-refractivity contribution in [2.45, 2.75) is 19.3 Å². The van der Waals surface area contributed by atoms with E-state index in [0.717, 1.165) is 49.5 Å². The van der Waals surface area contributed by atoms with Crippen LogP contribution in [0.3, 0.4) is 0 Å². The molecule has 0 saturated heterocycles. The maximum atomic E-state index is 5.51. The molecule has 0 fully saturated rings. The summed E-state index contributed by atoms with van der Waals surface area (Å²) in [6, 6.07) is 59.3. The van der Waals surface area contributed by atoms with Gasteiger partial charge in [-0.05, 0) is 68.2 Å². The van der Waals surface area contributed by atoms with Gasteiger partial charge in [-0.1, -0.05) is 153 Å². The van der Waals surface area contributed by atoms with Crippen molar-refractivity contribution in [3.8, 4) is 39.5 Å². The molecule has 0 atom stereocenters. The first-order chi connectivity index (χ1) is 25.5. The van der Waals surface area contributed by atoms with Crippen LogP contribution in [0.4, 0.5) is 0 Å². The van der Waals surface area contributed by atoms with Crippen LogP contribution in [-0.4, -0.2) is 14.5 Å². The van der Waals surface area contributed by atoms with Gasteiger partial charge in [0.15, 0.2) is 0 Å². The number of rotatable bonds is 3. The summed E-state index contributed by atoms with van der Waals surface area (Å²) in [5.74, 6) is 0.666. The molecule has 2 aromatic heterocycles. The van der Waals surface area contributed by atoms with Gasteiger partial charge in [0.25, 0.3) is 0 Å². The van der Waals surface area contributed by atoms with Gasteiger partial charge in [0.05, 0.1) is 22.2 Å². The number of benzene rings is 8. The molecular weight excluding hydrogens is 631 g/mol. The minimum absolute atomic E-state index is 0.104. The summed E-state index contributed by atoms with van der Waals surface area (Å²) in [4.78, 5) is 11.0. The predicted molar refractivity (Wildman–Crippen MR) is 217 cm³/mol. The van der Waals surface area contributed by atoms with Crippen molar-refractivity contribution in [2.24, 2.45) is 0 Å². The molecule has 0 unspecified atom stereocenters. The number of nitrogens with zero attached hydrogens (tertiary/aromatic N) is 3. The van der Waals surface area contributed by atoms with Crippen molar-refractivity contribution >= 4 is 54.3 Å². The molecule has 0 bridgehead atoms. The summed E-state index contributed by atoms with van der Waals surface area (Å²) in [5, 5.41) is 8.10. The fourth-order valence-corrected chi connectivity index (χ4v) is 8.83. The zero-order valence-corrected chi connectivity index (χ0v) is 28.9. The zero-order valence-electron chi connectivity index (χ0n) is 28.9. The van der Waals surface area contributed by atoms with Crippen molar-refractivity contribution in [2.75, 3.05) is 0 Å². The Morgan fingerprint density at radius 3 is 2.00 bits per heavy atom.